The number of methoxy groups -OCH3 is 2. The summed E-state index contributed by atoms with van der Waals surface area (Å²) in [6.45, 7) is 2.40. The lowest BCUT2D eigenvalue weighted by molar-refractivity contribution is 0.364. The molecule has 0 heterocycles. The van der Waals surface area contributed by atoms with Crippen LogP contribution in [0.25, 0.3) is 10.8 Å². The van der Waals surface area contributed by atoms with E-state index in [1.807, 2.05) is 31.2 Å². The average molecular weight is 274 g/mol. The summed E-state index contributed by atoms with van der Waals surface area (Å²) in [6.07, 6.45) is 3.83. The van der Waals surface area contributed by atoms with Gasteiger partial charge in [-0.2, -0.15) is 0 Å². The van der Waals surface area contributed by atoms with Crippen LogP contribution in [0.3, 0.4) is 0 Å². The average Bonchev–Trinajstić information content (AvgIpc) is 2.47. The van der Waals surface area contributed by atoms with Crippen LogP contribution in [-0.4, -0.2) is 25.9 Å². The summed E-state index contributed by atoms with van der Waals surface area (Å²) in [6, 6.07) is 6.98. The number of phenols is 1. The second-order valence-electron chi connectivity index (χ2n) is 4.22. The Labute approximate surface area is 118 Å². The molecule has 0 aliphatic rings. The van der Waals surface area contributed by atoms with Gasteiger partial charge in [0, 0.05) is 11.5 Å². The van der Waals surface area contributed by atoms with Gasteiger partial charge >= 0.3 is 0 Å². The van der Waals surface area contributed by atoms with Crippen LogP contribution in [0.5, 0.6) is 23.0 Å². The zero-order chi connectivity index (χ0) is 14.5. The molecule has 20 heavy (non-hydrogen) atoms. The van der Waals surface area contributed by atoms with Crippen molar-refractivity contribution in [1.29, 1.82) is 0 Å². The van der Waals surface area contributed by atoms with Crippen LogP contribution in [0.2, 0.25) is 0 Å². The maximum atomic E-state index is 10.2. The summed E-state index contributed by atoms with van der Waals surface area (Å²) < 4.78 is 16.2. The minimum atomic E-state index is 0.104. The quantitative estimate of drug-likeness (QED) is 0.847. The molecule has 4 nitrogen and oxygen atoms in total. The number of allylic oxidation sites excluding steroid dienone is 1. The maximum absolute atomic E-state index is 10.2. The van der Waals surface area contributed by atoms with E-state index in [2.05, 4.69) is 0 Å². The minimum Gasteiger partial charge on any atom is -0.507 e. The number of hydrogen-bond acceptors (Lipinski definition) is 4. The predicted octanol–water partition coefficient (Wildman–Crippen LogP) is 3.52. The van der Waals surface area contributed by atoms with Gasteiger partial charge in [0.15, 0.2) is 0 Å². The van der Waals surface area contributed by atoms with Gasteiger partial charge in [-0.25, -0.2) is 0 Å². The highest BCUT2D eigenvalue weighted by Crippen LogP contribution is 2.41. The van der Waals surface area contributed by atoms with E-state index in [4.69, 9.17) is 14.2 Å². The van der Waals surface area contributed by atoms with Gasteiger partial charge in [-0.05, 0) is 25.1 Å². The van der Waals surface area contributed by atoms with Crippen molar-refractivity contribution in [2.24, 2.45) is 0 Å². The SMILES string of the molecule is C/C=C/COc1ccc(OC)c2c(O)cc(OC)cc12. The van der Waals surface area contributed by atoms with E-state index in [0.717, 1.165) is 5.39 Å². The van der Waals surface area contributed by atoms with Crippen molar-refractivity contribution in [1.82, 2.24) is 0 Å². The van der Waals surface area contributed by atoms with Gasteiger partial charge in [-0.15, -0.1) is 0 Å². The predicted molar refractivity (Wildman–Crippen MR) is 79.0 cm³/mol. The molecule has 0 aromatic heterocycles. The van der Waals surface area contributed by atoms with Crippen molar-refractivity contribution in [3.8, 4) is 23.0 Å². The lowest BCUT2D eigenvalue weighted by Crippen LogP contribution is -1.96. The van der Waals surface area contributed by atoms with Crippen molar-refractivity contribution in [3.05, 3.63) is 36.4 Å². The molecular formula is C16H18O4. The first-order valence-corrected chi connectivity index (χ1v) is 6.33. The van der Waals surface area contributed by atoms with E-state index in [9.17, 15) is 5.11 Å². The highest BCUT2D eigenvalue weighted by Gasteiger charge is 2.13. The van der Waals surface area contributed by atoms with Crippen molar-refractivity contribution < 1.29 is 19.3 Å². The molecule has 0 aliphatic carbocycles. The molecule has 0 radical (unpaired) electrons. The first-order valence-electron chi connectivity index (χ1n) is 6.33. The third-order valence-corrected chi connectivity index (χ3v) is 3.02. The van der Waals surface area contributed by atoms with E-state index < -0.39 is 0 Å². The number of phenolic OH excluding ortho intramolecular Hbond substituents is 1. The van der Waals surface area contributed by atoms with E-state index in [-0.39, 0.29) is 5.75 Å². The summed E-state index contributed by atoms with van der Waals surface area (Å²) in [7, 11) is 3.12. The topological polar surface area (TPSA) is 47.9 Å². The van der Waals surface area contributed by atoms with Crippen LogP contribution in [-0.2, 0) is 0 Å². The van der Waals surface area contributed by atoms with Gasteiger partial charge in [0.1, 0.15) is 29.6 Å². The molecule has 0 fully saturated rings. The summed E-state index contributed by atoms with van der Waals surface area (Å²) in [5.41, 5.74) is 0. The zero-order valence-electron chi connectivity index (χ0n) is 11.8. The summed E-state index contributed by atoms with van der Waals surface area (Å²) in [5.74, 6) is 1.94. The van der Waals surface area contributed by atoms with Crippen LogP contribution in [0.1, 0.15) is 6.92 Å². The number of ether oxygens (including phenoxy) is 3. The second-order valence-corrected chi connectivity index (χ2v) is 4.22. The lowest BCUT2D eigenvalue weighted by atomic mass is 10.1. The molecule has 0 saturated carbocycles. The highest BCUT2D eigenvalue weighted by molar-refractivity contribution is 5.98. The van der Waals surface area contributed by atoms with Crippen molar-refractivity contribution in [2.45, 2.75) is 6.92 Å². The summed E-state index contributed by atoms with van der Waals surface area (Å²) >= 11 is 0. The van der Waals surface area contributed by atoms with Crippen LogP contribution < -0.4 is 14.2 Å². The molecule has 4 heteroatoms. The normalized spacial score (nSPS) is 10.9. The molecule has 0 aliphatic heterocycles. The molecule has 2 rings (SSSR count). The molecule has 0 amide bonds. The number of rotatable bonds is 5. The fraction of sp³-hybridized carbons (Fsp3) is 0.250. The monoisotopic (exact) mass is 274 g/mol. The smallest absolute Gasteiger partial charge is 0.130 e. The van der Waals surface area contributed by atoms with Gasteiger partial charge in [-0.1, -0.05) is 12.2 Å². The van der Waals surface area contributed by atoms with Gasteiger partial charge in [-0.3, -0.25) is 0 Å². The maximum Gasteiger partial charge on any atom is 0.130 e. The Morgan fingerprint density at radius 1 is 1.10 bits per heavy atom. The second kappa shape index (κ2) is 6.19. The first kappa shape index (κ1) is 14.1. The molecule has 0 spiro atoms. The van der Waals surface area contributed by atoms with E-state index >= 15 is 0 Å². The van der Waals surface area contributed by atoms with Gasteiger partial charge in [0.2, 0.25) is 0 Å². The Bertz CT molecular complexity index is 632. The third kappa shape index (κ3) is 2.64. The Morgan fingerprint density at radius 2 is 1.85 bits per heavy atom. The molecule has 106 valence electrons. The first-order chi connectivity index (χ1) is 9.71. The van der Waals surface area contributed by atoms with Crippen molar-refractivity contribution in [3.63, 3.8) is 0 Å². The molecule has 0 bridgehead atoms. The number of hydrogen-bond donors (Lipinski definition) is 1. The minimum absolute atomic E-state index is 0.104. The van der Waals surface area contributed by atoms with Crippen LogP contribution >= 0.6 is 0 Å². The fourth-order valence-corrected chi connectivity index (χ4v) is 2.03. The Balaban J connectivity index is 2.61. The van der Waals surface area contributed by atoms with Gasteiger partial charge in [0.25, 0.3) is 0 Å². The van der Waals surface area contributed by atoms with Gasteiger partial charge < -0.3 is 19.3 Å². The number of aromatic hydroxyl groups is 1. The molecule has 2 aromatic rings. The van der Waals surface area contributed by atoms with Crippen molar-refractivity contribution in [2.75, 3.05) is 20.8 Å². The molecule has 0 saturated heterocycles. The Hall–Kier alpha value is -2.36. The number of fused-ring (bicyclic) bond motifs is 1. The van der Waals surface area contributed by atoms with E-state index in [1.165, 1.54) is 0 Å². The van der Waals surface area contributed by atoms with E-state index in [1.54, 1.807) is 26.4 Å². The lowest BCUT2D eigenvalue weighted by Gasteiger charge is -2.13. The van der Waals surface area contributed by atoms with Gasteiger partial charge in [0.05, 0.1) is 19.6 Å². The van der Waals surface area contributed by atoms with Crippen LogP contribution in [0.15, 0.2) is 36.4 Å². The third-order valence-electron chi connectivity index (χ3n) is 3.02. The molecule has 0 atom stereocenters. The summed E-state index contributed by atoms with van der Waals surface area (Å²) in [5, 5.41) is 11.5. The highest BCUT2D eigenvalue weighted by atomic mass is 16.5. The molecule has 2 aromatic carbocycles. The molecule has 1 N–H and O–H groups in total. The molecule has 0 unspecified atom stereocenters. The number of benzene rings is 2. The largest absolute Gasteiger partial charge is 0.507 e. The zero-order valence-corrected chi connectivity index (χ0v) is 11.8. The Morgan fingerprint density at radius 3 is 2.50 bits per heavy atom. The van der Waals surface area contributed by atoms with Crippen LogP contribution in [0, 0.1) is 0 Å². The van der Waals surface area contributed by atoms with Crippen LogP contribution in [0.4, 0.5) is 0 Å². The molecular weight excluding hydrogens is 256 g/mol. The standard InChI is InChI=1S/C16H18O4/c1-4-5-8-20-14-6-7-15(19-3)16-12(14)9-11(18-2)10-13(16)17/h4-7,9-10,17H,8H2,1-3H3/b5-4+. The summed E-state index contributed by atoms with van der Waals surface area (Å²) in [4.78, 5) is 0. The van der Waals surface area contributed by atoms with Crippen molar-refractivity contribution >= 4 is 10.8 Å². The fourth-order valence-electron chi connectivity index (χ4n) is 2.03. The van der Waals surface area contributed by atoms with E-state index in [0.29, 0.717) is 29.2 Å². The Kier molecular flexibility index (Phi) is 4.35.